The van der Waals surface area contributed by atoms with E-state index < -0.39 is 24.0 Å². The molecule has 1 aromatic rings. The molecule has 0 saturated heterocycles. The Labute approximate surface area is 115 Å². The molecule has 20 heavy (non-hydrogen) atoms. The number of imide groups is 1. The van der Waals surface area contributed by atoms with Crippen LogP contribution in [0.25, 0.3) is 0 Å². The Morgan fingerprint density at radius 2 is 1.95 bits per heavy atom. The largest absolute Gasteiger partial charge is 0.507 e. The van der Waals surface area contributed by atoms with Crippen molar-refractivity contribution in [3.05, 3.63) is 29.3 Å². The van der Waals surface area contributed by atoms with Gasteiger partial charge in [-0.3, -0.25) is 10.1 Å². The first-order valence-electron chi connectivity index (χ1n) is 5.89. The number of rotatable bonds is 3. The summed E-state index contributed by atoms with van der Waals surface area (Å²) in [7, 11) is 1.35. The summed E-state index contributed by atoms with van der Waals surface area (Å²) >= 11 is 0. The number of para-hydroxylation sites is 1. The van der Waals surface area contributed by atoms with Gasteiger partial charge in [-0.2, -0.15) is 0 Å². The first kappa shape index (κ1) is 15.5. The summed E-state index contributed by atoms with van der Waals surface area (Å²) in [5.41, 5.74) is 0.478. The number of aryl methyl sites for hydroxylation is 1. The van der Waals surface area contributed by atoms with Crippen molar-refractivity contribution in [2.24, 2.45) is 0 Å². The van der Waals surface area contributed by atoms with E-state index in [1.807, 2.05) is 5.32 Å². The van der Waals surface area contributed by atoms with Gasteiger partial charge in [0.2, 0.25) is 0 Å². The minimum atomic E-state index is -1.17. The predicted molar refractivity (Wildman–Crippen MR) is 70.3 cm³/mol. The van der Waals surface area contributed by atoms with Crippen molar-refractivity contribution in [1.82, 2.24) is 10.6 Å². The van der Waals surface area contributed by atoms with E-state index in [1.165, 1.54) is 20.0 Å². The van der Waals surface area contributed by atoms with Crippen LogP contribution in [0.4, 0.5) is 4.79 Å². The minimum Gasteiger partial charge on any atom is -0.507 e. The molecule has 7 heteroatoms. The first-order valence-corrected chi connectivity index (χ1v) is 5.89. The maximum atomic E-state index is 11.8. The average Bonchev–Trinajstić information content (AvgIpc) is 2.41. The van der Waals surface area contributed by atoms with E-state index in [9.17, 15) is 19.5 Å². The van der Waals surface area contributed by atoms with Crippen LogP contribution in [-0.2, 0) is 9.53 Å². The molecule has 1 aromatic carbocycles. The minimum absolute atomic E-state index is 0.0374. The van der Waals surface area contributed by atoms with Crippen LogP contribution >= 0.6 is 0 Å². The molecule has 0 radical (unpaired) electrons. The second kappa shape index (κ2) is 6.55. The summed E-state index contributed by atoms with van der Waals surface area (Å²) in [6.07, 6.45) is -1.17. The van der Waals surface area contributed by atoms with Crippen molar-refractivity contribution in [2.45, 2.75) is 20.0 Å². The highest BCUT2D eigenvalue weighted by Gasteiger charge is 2.22. The van der Waals surface area contributed by atoms with Gasteiger partial charge < -0.3 is 15.2 Å². The molecule has 0 heterocycles. The lowest BCUT2D eigenvalue weighted by atomic mass is 10.1. The van der Waals surface area contributed by atoms with Gasteiger partial charge in [-0.15, -0.1) is 0 Å². The molecular weight excluding hydrogens is 264 g/mol. The van der Waals surface area contributed by atoms with E-state index in [-0.39, 0.29) is 11.3 Å². The Morgan fingerprint density at radius 3 is 2.55 bits per heavy atom. The number of hydrogen-bond acceptors (Lipinski definition) is 5. The Morgan fingerprint density at radius 1 is 1.30 bits per heavy atom. The average molecular weight is 280 g/mol. The van der Waals surface area contributed by atoms with E-state index in [1.54, 1.807) is 19.1 Å². The number of phenolic OH excluding ortho intramolecular Hbond substituents is 1. The second-order valence-corrected chi connectivity index (χ2v) is 4.09. The summed E-state index contributed by atoms with van der Waals surface area (Å²) in [4.78, 5) is 34.3. The number of nitrogens with one attached hydrogen (secondary N) is 2. The van der Waals surface area contributed by atoms with Crippen LogP contribution in [0.2, 0.25) is 0 Å². The summed E-state index contributed by atoms with van der Waals surface area (Å²) in [6, 6.07) is 3.90. The third kappa shape index (κ3) is 3.71. The molecule has 0 bridgehead atoms. The van der Waals surface area contributed by atoms with E-state index in [4.69, 9.17) is 4.74 Å². The highest BCUT2D eigenvalue weighted by molar-refractivity contribution is 5.99. The molecule has 0 aromatic heterocycles. The fourth-order valence-electron chi connectivity index (χ4n) is 1.38. The van der Waals surface area contributed by atoms with Crippen molar-refractivity contribution in [1.29, 1.82) is 0 Å². The zero-order chi connectivity index (χ0) is 15.3. The molecule has 1 rings (SSSR count). The molecule has 1 atom stereocenters. The van der Waals surface area contributed by atoms with Crippen LogP contribution in [0.15, 0.2) is 18.2 Å². The van der Waals surface area contributed by atoms with E-state index in [0.717, 1.165) is 0 Å². The number of amides is 3. The molecule has 0 spiro atoms. The van der Waals surface area contributed by atoms with Gasteiger partial charge in [0.05, 0.1) is 0 Å². The third-order valence-corrected chi connectivity index (χ3v) is 2.57. The lowest BCUT2D eigenvalue weighted by molar-refractivity contribution is -0.127. The molecule has 0 aliphatic carbocycles. The topological polar surface area (TPSA) is 105 Å². The van der Waals surface area contributed by atoms with Crippen LogP contribution in [0.3, 0.4) is 0 Å². The van der Waals surface area contributed by atoms with Gasteiger partial charge in [0.25, 0.3) is 5.91 Å². The standard InChI is InChI=1S/C13H16N2O5/c1-7-5-4-6-9(10(7)16)12(18)20-8(2)11(17)15-13(19)14-3/h4-6,8,16H,1-3H3,(H2,14,15,17,19)/t8-/m0/s1. The van der Waals surface area contributed by atoms with Crippen LogP contribution in [0.5, 0.6) is 5.75 Å². The number of phenols is 1. The number of esters is 1. The highest BCUT2D eigenvalue weighted by Crippen LogP contribution is 2.22. The zero-order valence-corrected chi connectivity index (χ0v) is 11.4. The quantitative estimate of drug-likeness (QED) is 0.707. The van der Waals surface area contributed by atoms with Crippen LogP contribution in [0, 0.1) is 6.92 Å². The van der Waals surface area contributed by atoms with Crippen molar-refractivity contribution in [3.8, 4) is 5.75 Å². The van der Waals surface area contributed by atoms with Gasteiger partial charge in [-0.05, 0) is 25.5 Å². The molecular formula is C13H16N2O5. The van der Waals surface area contributed by atoms with Crippen molar-refractivity contribution in [2.75, 3.05) is 7.05 Å². The van der Waals surface area contributed by atoms with E-state index >= 15 is 0 Å². The van der Waals surface area contributed by atoms with Gasteiger partial charge >= 0.3 is 12.0 Å². The first-order chi connectivity index (χ1) is 9.36. The fourth-order valence-corrected chi connectivity index (χ4v) is 1.38. The third-order valence-electron chi connectivity index (χ3n) is 2.57. The van der Waals surface area contributed by atoms with Crippen molar-refractivity contribution < 1.29 is 24.2 Å². The molecule has 7 nitrogen and oxygen atoms in total. The van der Waals surface area contributed by atoms with Gasteiger partial charge in [-0.1, -0.05) is 12.1 Å². The molecule has 3 amide bonds. The maximum Gasteiger partial charge on any atom is 0.342 e. The Bertz CT molecular complexity index is 542. The van der Waals surface area contributed by atoms with Crippen LogP contribution < -0.4 is 10.6 Å². The van der Waals surface area contributed by atoms with Gasteiger partial charge in [-0.25, -0.2) is 9.59 Å². The molecule has 108 valence electrons. The number of urea groups is 1. The van der Waals surface area contributed by atoms with Gasteiger partial charge in [0.1, 0.15) is 11.3 Å². The number of aromatic hydroxyl groups is 1. The summed E-state index contributed by atoms with van der Waals surface area (Å²) in [5.74, 6) is -1.80. The fraction of sp³-hybridized carbons (Fsp3) is 0.308. The lowest BCUT2D eigenvalue weighted by Crippen LogP contribution is -2.43. The smallest absolute Gasteiger partial charge is 0.342 e. The molecule has 0 fully saturated rings. The molecule has 0 aliphatic heterocycles. The normalized spacial score (nSPS) is 11.3. The SMILES string of the molecule is CNC(=O)NC(=O)[C@H](C)OC(=O)c1cccc(C)c1O. The Hall–Kier alpha value is -2.57. The van der Waals surface area contributed by atoms with E-state index in [2.05, 4.69) is 5.32 Å². The zero-order valence-electron chi connectivity index (χ0n) is 11.4. The van der Waals surface area contributed by atoms with E-state index in [0.29, 0.717) is 5.56 Å². The predicted octanol–water partition coefficient (Wildman–Crippen LogP) is 0.702. The Balaban J connectivity index is 2.73. The number of carbonyl (C=O) groups excluding carboxylic acids is 3. The maximum absolute atomic E-state index is 11.8. The summed E-state index contributed by atoms with van der Waals surface area (Å²) in [6.45, 7) is 2.96. The monoisotopic (exact) mass is 280 g/mol. The number of carbonyl (C=O) groups is 3. The summed E-state index contributed by atoms with van der Waals surface area (Å²) in [5, 5.41) is 13.9. The number of hydrogen-bond donors (Lipinski definition) is 3. The number of ether oxygens (including phenoxy) is 1. The lowest BCUT2D eigenvalue weighted by Gasteiger charge is -2.13. The van der Waals surface area contributed by atoms with Gasteiger partial charge in [0.15, 0.2) is 6.10 Å². The van der Waals surface area contributed by atoms with Crippen LogP contribution in [0.1, 0.15) is 22.8 Å². The molecule has 3 N–H and O–H groups in total. The van der Waals surface area contributed by atoms with Crippen LogP contribution in [-0.4, -0.2) is 36.2 Å². The Kier molecular flexibility index (Phi) is 5.08. The van der Waals surface area contributed by atoms with Crippen molar-refractivity contribution >= 4 is 17.9 Å². The molecule has 0 saturated carbocycles. The highest BCUT2D eigenvalue weighted by atomic mass is 16.5. The second-order valence-electron chi connectivity index (χ2n) is 4.09. The number of benzene rings is 1. The molecule has 0 unspecified atom stereocenters. The summed E-state index contributed by atoms with van der Waals surface area (Å²) < 4.78 is 4.89. The molecule has 0 aliphatic rings. The van der Waals surface area contributed by atoms with Gasteiger partial charge in [0, 0.05) is 7.05 Å². The van der Waals surface area contributed by atoms with Crippen molar-refractivity contribution in [3.63, 3.8) is 0 Å².